The first kappa shape index (κ1) is 7.87. The van der Waals surface area contributed by atoms with E-state index >= 15 is 0 Å². The molecule has 0 saturated carbocycles. The van der Waals surface area contributed by atoms with Gasteiger partial charge in [-0.05, 0) is 13.8 Å². The molecule has 0 saturated heterocycles. The van der Waals surface area contributed by atoms with Gasteiger partial charge in [-0.1, -0.05) is 0 Å². The average molecular weight is 139 g/mol. The van der Waals surface area contributed by atoms with Crippen molar-refractivity contribution in [2.24, 2.45) is 0 Å². The molecule has 1 atom stereocenters. The van der Waals surface area contributed by atoms with Gasteiger partial charge in [-0.15, -0.1) is 0 Å². The van der Waals surface area contributed by atoms with Gasteiger partial charge in [0.1, 0.15) is 0 Å². The quantitative estimate of drug-likeness (QED) is 0.548. The highest BCUT2D eigenvalue weighted by Gasteiger charge is 2.05. The fourth-order valence-corrected chi connectivity index (χ4v) is 0.623. The Kier molecular flexibility index (Phi) is 2.39. The fraction of sp³-hybridized carbons (Fsp3) is 0.667. The van der Waals surface area contributed by atoms with E-state index in [1.165, 1.54) is 6.92 Å². The van der Waals surface area contributed by atoms with Crippen molar-refractivity contribution >= 4 is 10.4 Å². The predicted molar refractivity (Wildman–Crippen MR) is 27.5 cm³/mol. The third-order valence-corrected chi connectivity index (χ3v) is 0.858. The van der Waals surface area contributed by atoms with Gasteiger partial charge in [0.25, 0.3) is 0 Å². The summed E-state index contributed by atoms with van der Waals surface area (Å²) in [7, 11) is -4.29. The van der Waals surface area contributed by atoms with Crippen molar-refractivity contribution < 1.29 is 17.2 Å². The van der Waals surface area contributed by atoms with Gasteiger partial charge in [-0.2, -0.15) is 8.42 Å². The summed E-state index contributed by atoms with van der Waals surface area (Å²) in [6.45, 7) is 4.56. The highest BCUT2D eigenvalue weighted by molar-refractivity contribution is 7.80. The van der Waals surface area contributed by atoms with Crippen LogP contribution in [0.4, 0.5) is 0 Å². The van der Waals surface area contributed by atoms with Gasteiger partial charge < -0.3 is 0 Å². The summed E-state index contributed by atoms with van der Waals surface area (Å²) in [6, 6.07) is 0. The molecule has 1 radical (unpaired) electrons. The Morgan fingerprint density at radius 3 is 2.12 bits per heavy atom. The second-order valence-corrected chi connectivity index (χ2v) is 2.38. The fourth-order valence-electron chi connectivity index (χ4n) is 0.208. The lowest BCUT2D eigenvalue weighted by Crippen LogP contribution is -2.10. The van der Waals surface area contributed by atoms with Crippen molar-refractivity contribution in [2.45, 2.75) is 13.0 Å². The van der Waals surface area contributed by atoms with Gasteiger partial charge in [0.2, 0.25) is 0 Å². The number of rotatable bonds is 2. The van der Waals surface area contributed by atoms with Gasteiger partial charge in [0.15, 0.2) is 0 Å². The second-order valence-electron chi connectivity index (χ2n) is 1.33. The van der Waals surface area contributed by atoms with E-state index in [-0.39, 0.29) is 0 Å². The van der Waals surface area contributed by atoms with Crippen LogP contribution in [0.5, 0.6) is 0 Å². The standard InChI is InChI=1S/C3H7O4S/c1-3(2)7-8(4,5)6/h3H,1H2,2H3,(H,4,5,6). The monoisotopic (exact) mass is 139 g/mol. The van der Waals surface area contributed by atoms with E-state index < -0.39 is 16.5 Å². The summed E-state index contributed by atoms with van der Waals surface area (Å²) in [6.07, 6.45) is -0.745. The highest BCUT2D eigenvalue weighted by Crippen LogP contribution is 1.92. The van der Waals surface area contributed by atoms with Crippen LogP contribution in [0.3, 0.4) is 0 Å². The first-order valence-electron chi connectivity index (χ1n) is 1.90. The van der Waals surface area contributed by atoms with Crippen molar-refractivity contribution in [3.8, 4) is 0 Å². The second kappa shape index (κ2) is 2.43. The van der Waals surface area contributed by atoms with Gasteiger partial charge in [-0.25, -0.2) is 4.18 Å². The summed E-state index contributed by atoms with van der Waals surface area (Å²) in [4.78, 5) is 0. The summed E-state index contributed by atoms with van der Waals surface area (Å²) >= 11 is 0. The molecule has 0 heterocycles. The van der Waals surface area contributed by atoms with Crippen molar-refractivity contribution in [2.75, 3.05) is 0 Å². The molecule has 0 aromatic rings. The van der Waals surface area contributed by atoms with Crippen LogP contribution in [-0.4, -0.2) is 19.1 Å². The first-order valence-corrected chi connectivity index (χ1v) is 3.27. The molecule has 0 aliphatic heterocycles. The lowest BCUT2D eigenvalue weighted by Gasteiger charge is -1.99. The van der Waals surface area contributed by atoms with Crippen molar-refractivity contribution in [1.29, 1.82) is 0 Å². The van der Waals surface area contributed by atoms with E-state index in [1.807, 2.05) is 0 Å². The molecule has 49 valence electrons. The summed E-state index contributed by atoms with van der Waals surface area (Å²) in [5.41, 5.74) is 0. The molecule has 0 bridgehead atoms. The van der Waals surface area contributed by atoms with Crippen LogP contribution in [0, 0.1) is 6.92 Å². The molecular weight excluding hydrogens is 132 g/mol. The minimum Gasteiger partial charge on any atom is -0.264 e. The highest BCUT2D eigenvalue weighted by atomic mass is 32.3. The Hall–Kier alpha value is -0.130. The minimum absolute atomic E-state index is 0.745. The Balaban J connectivity index is 3.75. The van der Waals surface area contributed by atoms with Crippen LogP contribution in [0.2, 0.25) is 0 Å². The molecule has 0 aromatic carbocycles. The van der Waals surface area contributed by atoms with Crippen LogP contribution in [0.25, 0.3) is 0 Å². The maximum absolute atomic E-state index is 9.74. The molecule has 0 aliphatic rings. The van der Waals surface area contributed by atoms with Crippen LogP contribution < -0.4 is 0 Å². The first-order chi connectivity index (χ1) is 3.42. The van der Waals surface area contributed by atoms with Crippen molar-refractivity contribution in [3.63, 3.8) is 0 Å². The lowest BCUT2D eigenvalue weighted by molar-refractivity contribution is 0.232. The maximum atomic E-state index is 9.74. The molecule has 0 amide bonds. The molecule has 0 spiro atoms. The zero-order chi connectivity index (χ0) is 6.78. The third-order valence-electron chi connectivity index (χ3n) is 0.286. The zero-order valence-electron chi connectivity index (χ0n) is 4.36. The molecule has 0 fully saturated rings. The largest absolute Gasteiger partial charge is 0.397 e. The number of hydrogen-bond donors (Lipinski definition) is 1. The van der Waals surface area contributed by atoms with Gasteiger partial charge in [-0.3, -0.25) is 4.55 Å². The van der Waals surface area contributed by atoms with Gasteiger partial charge in [0, 0.05) is 0 Å². The molecule has 1 unspecified atom stereocenters. The summed E-state index contributed by atoms with van der Waals surface area (Å²) in [5.74, 6) is 0. The van der Waals surface area contributed by atoms with Crippen LogP contribution in [-0.2, 0) is 14.6 Å². The van der Waals surface area contributed by atoms with E-state index in [0.717, 1.165) is 0 Å². The van der Waals surface area contributed by atoms with Crippen LogP contribution >= 0.6 is 0 Å². The molecular formula is C3H7O4S. The normalized spacial score (nSPS) is 12.5. The Morgan fingerprint density at radius 1 is 1.75 bits per heavy atom. The Bertz CT molecular complexity index is 145. The van der Waals surface area contributed by atoms with E-state index in [4.69, 9.17) is 4.55 Å². The maximum Gasteiger partial charge on any atom is 0.397 e. The van der Waals surface area contributed by atoms with Crippen molar-refractivity contribution in [1.82, 2.24) is 0 Å². The molecule has 8 heavy (non-hydrogen) atoms. The average Bonchev–Trinajstić information content (AvgIpc) is 1.21. The van der Waals surface area contributed by atoms with Gasteiger partial charge in [0.05, 0.1) is 6.10 Å². The van der Waals surface area contributed by atoms with E-state index in [2.05, 4.69) is 11.1 Å². The summed E-state index contributed by atoms with van der Waals surface area (Å²) in [5, 5.41) is 0. The Labute approximate surface area is 48.4 Å². The molecule has 0 aliphatic carbocycles. The SMILES string of the molecule is [CH2]C(C)OS(=O)(=O)O. The predicted octanol–water partition coefficient (Wildman–Crippen LogP) is 0.0284. The third kappa shape index (κ3) is 5.87. The Morgan fingerprint density at radius 2 is 2.12 bits per heavy atom. The molecule has 0 aromatic heterocycles. The number of hydrogen-bond acceptors (Lipinski definition) is 3. The van der Waals surface area contributed by atoms with Crippen LogP contribution in [0.15, 0.2) is 0 Å². The summed E-state index contributed by atoms with van der Waals surface area (Å²) < 4.78 is 31.2. The lowest BCUT2D eigenvalue weighted by atomic mass is 10.5. The van der Waals surface area contributed by atoms with E-state index in [1.54, 1.807) is 0 Å². The topological polar surface area (TPSA) is 63.6 Å². The minimum atomic E-state index is -4.29. The molecule has 1 N–H and O–H groups in total. The van der Waals surface area contributed by atoms with E-state index in [0.29, 0.717) is 0 Å². The van der Waals surface area contributed by atoms with Gasteiger partial charge >= 0.3 is 10.4 Å². The molecule has 5 heteroatoms. The van der Waals surface area contributed by atoms with E-state index in [9.17, 15) is 8.42 Å². The van der Waals surface area contributed by atoms with Crippen molar-refractivity contribution in [3.05, 3.63) is 6.92 Å². The molecule has 4 nitrogen and oxygen atoms in total. The smallest absolute Gasteiger partial charge is 0.264 e. The molecule has 0 rings (SSSR count). The van der Waals surface area contributed by atoms with Crippen LogP contribution in [0.1, 0.15) is 6.92 Å². The zero-order valence-corrected chi connectivity index (χ0v) is 5.18.